The maximum atomic E-state index is 13.1. The molecule has 1 aromatic carbocycles. The highest BCUT2D eigenvalue weighted by Crippen LogP contribution is 2.41. The average molecular weight is 559 g/mol. The predicted octanol–water partition coefficient (Wildman–Crippen LogP) is 3.89. The van der Waals surface area contributed by atoms with Gasteiger partial charge in [0.2, 0.25) is 5.91 Å². The van der Waals surface area contributed by atoms with E-state index in [9.17, 15) is 9.59 Å². The molecule has 4 N–H and O–H groups in total. The Labute approximate surface area is 238 Å². The molecule has 206 valence electrons. The molecule has 9 nitrogen and oxygen atoms in total. The monoisotopic (exact) mass is 558 g/mol. The molecule has 0 bridgehead atoms. The number of benzene rings is 1. The van der Waals surface area contributed by atoms with Gasteiger partial charge in [-0.15, -0.1) is 0 Å². The first-order valence-corrected chi connectivity index (χ1v) is 13.4. The lowest BCUT2D eigenvalue weighted by molar-refractivity contribution is -0.118. The van der Waals surface area contributed by atoms with Gasteiger partial charge in [0.05, 0.1) is 40.3 Å². The molecule has 1 saturated heterocycles. The van der Waals surface area contributed by atoms with Crippen LogP contribution in [0.15, 0.2) is 49.3 Å². The van der Waals surface area contributed by atoms with Gasteiger partial charge < -0.3 is 30.6 Å². The predicted molar refractivity (Wildman–Crippen MR) is 156 cm³/mol. The Hall–Kier alpha value is -4.26. The minimum absolute atomic E-state index is 0.176. The van der Waals surface area contributed by atoms with Gasteiger partial charge >= 0.3 is 0 Å². The lowest BCUT2D eigenvalue weighted by Crippen LogP contribution is -2.56. The summed E-state index contributed by atoms with van der Waals surface area (Å²) < 4.78 is 5.55. The van der Waals surface area contributed by atoms with Crippen molar-refractivity contribution >= 4 is 34.8 Å². The quantitative estimate of drug-likeness (QED) is 0.270. The number of nitrogens with zero attached hydrogens (tertiary/aromatic N) is 2. The van der Waals surface area contributed by atoms with E-state index >= 15 is 0 Å². The lowest BCUT2D eigenvalue weighted by atomic mass is 9.89. The number of anilines is 2. The zero-order chi connectivity index (χ0) is 28.3. The fraction of sp³-hybridized carbons (Fsp3) is 0.300. The number of likely N-dealkylation sites (tertiary alicyclic amines) is 1. The standard InChI is InChI=1S/C30H31ClN6O3/c1-4-24(38)36-30(12-6-16-37(2)18-30)13-9-19-17-32-14-10-20(19)26-27(25-22(34-26)11-15-33-29(25)39)35-23-8-5-7-21(31)28(23)40-3/h4-5,7-8,10,14,17,34-35H,1,6,11-12,15-16,18H2,2-3H3,(H,33,39)(H,36,38)/t30-/m0/s1. The number of hydrogen-bond donors (Lipinski definition) is 4. The van der Waals surface area contributed by atoms with Crippen LogP contribution in [0.2, 0.25) is 5.02 Å². The van der Waals surface area contributed by atoms with E-state index in [1.54, 1.807) is 25.6 Å². The SMILES string of the molecule is C=CC(=O)N[C@]1(C#Cc2cnccc2-c2[nH]c3c(c2Nc2cccc(Cl)c2OC)C(=O)NCC3)CCCN(C)C1. The molecule has 0 spiro atoms. The normalized spacial score (nSPS) is 18.5. The minimum Gasteiger partial charge on any atom is -0.493 e. The van der Waals surface area contributed by atoms with E-state index in [0.29, 0.717) is 58.5 Å². The van der Waals surface area contributed by atoms with Crippen LogP contribution in [0.1, 0.15) is 34.5 Å². The molecule has 1 fully saturated rings. The van der Waals surface area contributed by atoms with E-state index in [1.807, 2.05) is 25.2 Å². The molecule has 2 aliphatic rings. The number of likely N-dealkylation sites (N-methyl/N-ethyl adjacent to an activating group) is 1. The molecule has 5 rings (SSSR count). The topological polar surface area (TPSA) is 111 Å². The number of aromatic nitrogens is 2. The molecule has 3 aromatic rings. The third-order valence-corrected chi connectivity index (χ3v) is 7.45. The second kappa shape index (κ2) is 11.5. The Morgan fingerprint density at radius 1 is 1.35 bits per heavy atom. The average Bonchev–Trinajstić information content (AvgIpc) is 3.31. The Bertz CT molecular complexity index is 1540. The largest absolute Gasteiger partial charge is 0.493 e. The Morgan fingerprint density at radius 2 is 2.20 bits per heavy atom. The number of hydrogen-bond acceptors (Lipinski definition) is 6. The molecular formula is C30H31ClN6O3. The second-order valence-electron chi connectivity index (χ2n) is 9.97. The number of nitrogens with one attached hydrogen (secondary N) is 4. The van der Waals surface area contributed by atoms with Gasteiger partial charge in [0, 0.05) is 43.2 Å². The molecule has 2 amide bonds. The third-order valence-electron chi connectivity index (χ3n) is 7.15. The highest BCUT2D eigenvalue weighted by Gasteiger charge is 2.34. The number of fused-ring (bicyclic) bond motifs is 1. The van der Waals surface area contributed by atoms with Crippen LogP contribution in [-0.4, -0.2) is 66.0 Å². The zero-order valence-corrected chi connectivity index (χ0v) is 23.2. The van der Waals surface area contributed by atoms with Crippen LogP contribution in [0.3, 0.4) is 0 Å². The maximum absolute atomic E-state index is 13.1. The van der Waals surface area contributed by atoms with Crippen molar-refractivity contribution in [2.24, 2.45) is 0 Å². The number of aromatic amines is 1. The summed E-state index contributed by atoms with van der Waals surface area (Å²) in [6.45, 7) is 5.66. The Morgan fingerprint density at radius 3 is 2.98 bits per heavy atom. The van der Waals surface area contributed by atoms with Crippen molar-refractivity contribution in [1.82, 2.24) is 25.5 Å². The Balaban J connectivity index is 1.63. The number of rotatable bonds is 6. The smallest absolute Gasteiger partial charge is 0.255 e. The number of carbonyl (C=O) groups excluding carboxylic acids is 2. The number of methoxy groups -OCH3 is 1. The number of piperidine rings is 1. The fourth-order valence-electron chi connectivity index (χ4n) is 5.35. The van der Waals surface area contributed by atoms with Gasteiger partial charge in [-0.25, -0.2) is 0 Å². The molecular weight excluding hydrogens is 528 g/mol. The van der Waals surface area contributed by atoms with Gasteiger partial charge in [0.1, 0.15) is 5.54 Å². The van der Waals surface area contributed by atoms with Gasteiger partial charge in [-0.2, -0.15) is 0 Å². The summed E-state index contributed by atoms with van der Waals surface area (Å²) in [7, 11) is 3.56. The van der Waals surface area contributed by atoms with Gasteiger partial charge in [-0.1, -0.05) is 36.1 Å². The summed E-state index contributed by atoms with van der Waals surface area (Å²) in [6, 6.07) is 7.26. The number of H-pyrrole nitrogens is 1. The van der Waals surface area contributed by atoms with Crippen molar-refractivity contribution in [3.63, 3.8) is 0 Å². The minimum atomic E-state index is -0.727. The summed E-state index contributed by atoms with van der Waals surface area (Å²) in [5, 5.41) is 9.84. The second-order valence-corrected chi connectivity index (χ2v) is 10.4. The number of para-hydroxylation sites is 1. The van der Waals surface area contributed by atoms with Gasteiger partial charge in [0.15, 0.2) is 5.75 Å². The van der Waals surface area contributed by atoms with Gasteiger partial charge in [0.25, 0.3) is 5.91 Å². The molecule has 0 unspecified atom stereocenters. The van der Waals surface area contributed by atoms with Gasteiger partial charge in [-0.3, -0.25) is 14.6 Å². The van der Waals surface area contributed by atoms with Crippen LogP contribution < -0.4 is 20.7 Å². The zero-order valence-electron chi connectivity index (χ0n) is 22.5. The van der Waals surface area contributed by atoms with E-state index in [4.69, 9.17) is 16.3 Å². The number of halogens is 1. The molecule has 0 aliphatic carbocycles. The third kappa shape index (κ3) is 5.41. The Kier molecular flexibility index (Phi) is 7.83. The molecule has 2 aromatic heterocycles. The van der Waals surface area contributed by atoms with Gasteiger partial charge in [-0.05, 0) is 50.7 Å². The van der Waals surface area contributed by atoms with Crippen molar-refractivity contribution in [2.75, 3.05) is 39.1 Å². The first-order valence-electron chi connectivity index (χ1n) is 13.1. The molecule has 40 heavy (non-hydrogen) atoms. The van der Waals surface area contributed by atoms with Crippen molar-refractivity contribution < 1.29 is 14.3 Å². The first-order chi connectivity index (χ1) is 19.3. The van der Waals surface area contributed by atoms with Crippen LogP contribution in [0.5, 0.6) is 5.75 Å². The number of amides is 2. The first kappa shape index (κ1) is 27.3. The maximum Gasteiger partial charge on any atom is 0.255 e. The summed E-state index contributed by atoms with van der Waals surface area (Å²) in [6.07, 6.45) is 6.92. The van der Waals surface area contributed by atoms with Crippen LogP contribution in [0, 0.1) is 11.8 Å². The van der Waals surface area contributed by atoms with Crippen LogP contribution >= 0.6 is 11.6 Å². The molecule has 2 aliphatic heterocycles. The van der Waals surface area contributed by atoms with E-state index < -0.39 is 5.54 Å². The summed E-state index contributed by atoms with van der Waals surface area (Å²) in [4.78, 5) is 35.4. The summed E-state index contributed by atoms with van der Waals surface area (Å²) in [5.74, 6) is 6.70. The molecule has 1 atom stereocenters. The lowest BCUT2D eigenvalue weighted by Gasteiger charge is -2.38. The van der Waals surface area contributed by atoms with Crippen molar-refractivity contribution in [3.05, 3.63) is 71.2 Å². The van der Waals surface area contributed by atoms with Crippen molar-refractivity contribution in [2.45, 2.75) is 24.8 Å². The number of carbonyl (C=O) groups is 2. The van der Waals surface area contributed by atoms with Crippen LogP contribution in [-0.2, 0) is 11.2 Å². The van der Waals surface area contributed by atoms with E-state index in [2.05, 4.69) is 49.2 Å². The fourth-order valence-corrected chi connectivity index (χ4v) is 5.60. The molecule has 0 radical (unpaired) electrons. The van der Waals surface area contributed by atoms with Crippen molar-refractivity contribution in [3.8, 4) is 28.8 Å². The van der Waals surface area contributed by atoms with E-state index in [1.165, 1.54) is 6.08 Å². The van der Waals surface area contributed by atoms with E-state index in [-0.39, 0.29) is 11.8 Å². The number of ether oxygens (including phenoxy) is 1. The van der Waals surface area contributed by atoms with E-state index in [0.717, 1.165) is 30.6 Å². The van der Waals surface area contributed by atoms with Crippen LogP contribution in [0.4, 0.5) is 11.4 Å². The van der Waals surface area contributed by atoms with Crippen molar-refractivity contribution in [1.29, 1.82) is 0 Å². The highest BCUT2D eigenvalue weighted by atomic mass is 35.5. The number of pyridine rings is 1. The molecule has 4 heterocycles. The molecule has 10 heteroatoms. The summed E-state index contributed by atoms with van der Waals surface area (Å²) >= 11 is 6.39. The summed E-state index contributed by atoms with van der Waals surface area (Å²) in [5.41, 5.74) is 3.95. The highest BCUT2D eigenvalue weighted by molar-refractivity contribution is 6.32. The molecule has 0 saturated carbocycles. The van der Waals surface area contributed by atoms with Crippen LogP contribution in [0.25, 0.3) is 11.3 Å².